The number of rotatable bonds is 9. The minimum atomic E-state index is -3.79. The quantitative estimate of drug-likeness (QED) is 0.291. The molecule has 2 N–H and O–H groups in total. The highest BCUT2D eigenvalue weighted by Gasteiger charge is 2.17. The van der Waals surface area contributed by atoms with Gasteiger partial charge in [-0.3, -0.25) is 0 Å². The van der Waals surface area contributed by atoms with Crippen LogP contribution in [0.2, 0.25) is 0 Å². The molecule has 3 aromatic carbocycles. The molecule has 0 spiro atoms. The lowest BCUT2D eigenvalue weighted by Crippen LogP contribution is -2.19. The van der Waals surface area contributed by atoms with E-state index in [1.807, 2.05) is 38.1 Å². The lowest BCUT2D eigenvalue weighted by atomic mass is 9.86. The Bertz CT molecular complexity index is 1590. The molecule has 1 aliphatic rings. The van der Waals surface area contributed by atoms with Gasteiger partial charge in [0.15, 0.2) is 0 Å². The first-order valence-electron chi connectivity index (χ1n) is 12.2. The molecule has 0 amide bonds. The maximum absolute atomic E-state index is 12.6. The fraction of sp³-hybridized carbons (Fsp3) is 0.214. The van der Waals surface area contributed by atoms with Crippen molar-refractivity contribution in [3.8, 4) is 0 Å². The van der Waals surface area contributed by atoms with Gasteiger partial charge in [0.1, 0.15) is 0 Å². The molecule has 0 radical (unpaired) electrons. The average molecular weight is 551 g/mol. The molecule has 0 bridgehead atoms. The SMILES string of the molecule is Cc1ccc(S(=O)(=O)N/N=C/C2=C(c3ccccc3/C=N/NS(=O)(=O)c3ccc(C)cc3)CCCC2)cc1. The maximum Gasteiger partial charge on any atom is 0.276 e. The van der Waals surface area contributed by atoms with Gasteiger partial charge in [0, 0.05) is 5.56 Å². The van der Waals surface area contributed by atoms with Gasteiger partial charge in [-0.05, 0) is 80.5 Å². The summed E-state index contributed by atoms with van der Waals surface area (Å²) < 4.78 is 50.4. The predicted octanol–water partition coefficient (Wildman–Crippen LogP) is 4.91. The van der Waals surface area contributed by atoms with E-state index in [4.69, 9.17) is 0 Å². The van der Waals surface area contributed by atoms with Crippen LogP contribution in [0.25, 0.3) is 5.57 Å². The Morgan fingerprint density at radius 2 is 1.16 bits per heavy atom. The molecular weight excluding hydrogens is 520 g/mol. The number of hydrazone groups is 2. The summed E-state index contributed by atoms with van der Waals surface area (Å²) in [5.41, 5.74) is 5.51. The second kappa shape index (κ2) is 11.7. The van der Waals surface area contributed by atoms with Crippen LogP contribution in [0.3, 0.4) is 0 Å². The zero-order valence-electron chi connectivity index (χ0n) is 21.3. The van der Waals surface area contributed by atoms with Crippen LogP contribution in [0.4, 0.5) is 0 Å². The summed E-state index contributed by atoms with van der Waals surface area (Å²) in [5.74, 6) is 0. The fourth-order valence-corrected chi connectivity index (χ4v) is 5.72. The van der Waals surface area contributed by atoms with Gasteiger partial charge in [-0.15, -0.1) is 0 Å². The molecule has 38 heavy (non-hydrogen) atoms. The Morgan fingerprint density at radius 3 is 1.74 bits per heavy atom. The van der Waals surface area contributed by atoms with Gasteiger partial charge in [-0.1, -0.05) is 59.7 Å². The maximum atomic E-state index is 12.6. The smallest absolute Gasteiger partial charge is 0.200 e. The normalized spacial score (nSPS) is 14.8. The summed E-state index contributed by atoms with van der Waals surface area (Å²) in [6.45, 7) is 3.78. The Labute approximate surface area is 224 Å². The van der Waals surface area contributed by atoms with Crippen molar-refractivity contribution >= 4 is 38.0 Å². The number of nitrogens with one attached hydrogen (secondary N) is 2. The first-order chi connectivity index (χ1) is 18.2. The van der Waals surface area contributed by atoms with E-state index in [9.17, 15) is 16.8 Å². The molecular formula is C28H30N4O4S2. The minimum absolute atomic E-state index is 0.134. The Hall–Kier alpha value is -3.76. The Kier molecular flexibility index (Phi) is 8.43. The number of allylic oxidation sites excluding steroid dienone is 2. The molecule has 0 fully saturated rings. The lowest BCUT2D eigenvalue weighted by molar-refractivity contribution is 0.583. The molecule has 0 saturated carbocycles. The van der Waals surface area contributed by atoms with Crippen LogP contribution < -0.4 is 9.66 Å². The van der Waals surface area contributed by atoms with Gasteiger partial charge in [0.25, 0.3) is 20.0 Å². The molecule has 0 aromatic heterocycles. The van der Waals surface area contributed by atoms with Crippen molar-refractivity contribution in [3.05, 3.63) is 101 Å². The number of hydrogen-bond acceptors (Lipinski definition) is 6. The second-order valence-corrected chi connectivity index (χ2v) is 12.5. The molecule has 4 rings (SSSR count). The highest BCUT2D eigenvalue weighted by molar-refractivity contribution is 7.89. The van der Waals surface area contributed by atoms with E-state index < -0.39 is 20.0 Å². The lowest BCUT2D eigenvalue weighted by Gasteiger charge is -2.19. The predicted molar refractivity (Wildman–Crippen MR) is 151 cm³/mol. The van der Waals surface area contributed by atoms with Crippen molar-refractivity contribution in [2.24, 2.45) is 10.2 Å². The van der Waals surface area contributed by atoms with Crippen LogP contribution in [0, 0.1) is 13.8 Å². The molecule has 198 valence electrons. The van der Waals surface area contributed by atoms with Gasteiger partial charge in [-0.2, -0.15) is 27.0 Å². The minimum Gasteiger partial charge on any atom is -0.200 e. The van der Waals surface area contributed by atoms with Crippen molar-refractivity contribution in [3.63, 3.8) is 0 Å². The molecule has 0 aliphatic heterocycles. The monoisotopic (exact) mass is 550 g/mol. The molecule has 0 unspecified atom stereocenters. The van der Waals surface area contributed by atoms with Crippen LogP contribution in [-0.4, -0.2) is 29.3 Å². The van der Waals surface area contributed by atoms with Crippen LogP contribution in [0.1, 0.15) is 47.9 Å². The number of benzene rings is 3. The summed E-state index contributed by atoms with van der Waals surface area (Å²) >= 11 is 0. The molecule has 0 saturated heterocycles. The standard InChI is InChI=1S/C28H30N4O4S2/c1-21-11-15-25(16-12-21)37(33,34)31-29-19-23-7-3-5-9-27(23)28-10-6-4-8-24(28)20-30-32-38(35,36)26-17-13-22(2)14-18-26/h3,5,7,9,11-20,31-32H,4,6,8,10H2,1-2H3/b29-19+,30-20+. The van der Waals surface area contributed by atoms with Crippen molar-refractivity contribution < 1.29 is 16.8 Å². The van der Waals surface area contributed by atoms with E-state index in [0.29, 0.717) is 0 Å². The van der Waals surface area contributed by atoms with Gasteiger partial charge >= 0.3 is 0 Å². The topological polar surface area (TPSA) is 117 Å². The number of hydrogen-bond donors (Lipinski definition) is 2. The van der Waals surface area contributed by atoms with Crippen molar-refractivity contribution in [1.82, 2.24) is 9.66 Å². The number of nitrogens with zero attached hydrogens (tertiary/aromatic N) is 2. The average Bonchev–Trinajstić information content (AvgIpc) is 2.90. The first kappa shape index (κ1) is 27.3. The molecule has 8 nitrogen and oxygen atoms in total. The van der Waals surface area contributed by atoms with Gasteiger partial charge in [0.2, 0.25) is 0 Å². The second-order valence-electron chi connectivity index (χ2n) is 9.13. The van der Waals surface area contributed by atoms with Crippen LogP contribution >= 0.6 is 0 Å². The third-order valence-electron chi connectivity index (χ3n) is 6.23. The van der Waals surface area contributed by atoms with Crippen LogP contribution in [0.5, 0.6) is 0 Å². The third-order valence-corrected chi connectivity index (χ3v) is 8.71. The summed E-state index contributed by atoms with van der Waals surface area (Å²) in [4.78, 5) is 4.86. The Morgan fingerprint density at radius 1 is 0.658 bits per heavy atom. The fourth-order valence-electron chi connectivity index (χ4n) is 4.14. The largest absolute Gasteiger partial charge is 0.276 e. The highest BCUT2D eigenvalue weighted by atomic mass is 32.2. The number of aryl methyl sites for hydroxylation is 2. The highest BCUT2D eigenvalue weighted by Crippen LogP contribution is 2.33. The van der Waals surface area contributed by atoms with Crippen LogP contribution in [0.15, 0.2) is 98.4 Å². The summed E-state index contributed by atoms with van der Waals surface area (Å²) in [7, 11) is -7.57. The van der Waals surface area contributed by atoms with Crippen molar-refractivity contribution in [2.45, 2.75) is 49.3 Å². The van der Waals surface area contributed by atoms with Crippen molar-refractivity contribution in [2.75, 3.05) is 0 Å². The first-order valence-corrected chi connectivity index (χ1v) is 15.2. The van der Waals surface area contributed by atoms with Gasteiger partial charge in [-0.25, -0.2) is 9.66 Å². The molecule has 10 heteroatoms. The van der Waals surface area contributed by atoms with Gasteiger partial charge in [0.05, 0.1) is 22.2 Å². The molecule has 0 heterocycles. The van der Waals surface area contributed by atoms with E-state index in [0.717, 1.165) is 59.1 Å². The summed E-state index contributed by atoms with van der Waals surface area (Å²) in [5, 5.41) is 8.07. The molecule has 3 aromatic rings. The van der Waals surface area contributed by atoms with E-state index in [1.54, 1.807) is 42.6 Å². The molecule has 1 aliphatic carbocycles. The summed E-state index contributed by atoms with van der Waals surface area (Å²) in [6.07, 6.45) is 6.52. The zero-order chi connectivity index (χ0) is 27.2. The van der Waals surface area contributed by atoms with E-state index in [1.165, 1.54) is 18.3 Å². The van der Waals surface area contributed by atoms with E-state index in [-0.39, 0.29) is 9.79 Å². The number of sulfonamides is 2. The van der Waals surface area contributed by atoms with E-state index >= 15 is 0 Å². The Balaban J connectivity index is 1.56. The van der Waals surface area contributed by atoms with E-state index in [2.05, 4.69) is 19.9 Å². The van der Waals surface area contributed by atoms with Gasteiger partial charge < -0.3 is 0 Å². The third kappa shape index (κ3) is 6.76. The summed E-state index contributed by atoms with van der Waals surface area (Å²) in [6, 6.07) is 20.6. The van der Waals surface area contributed by atoms with Crippen molar-refractivity contribution in [1.29, 1.82) is 0 Å². The molecule has 0 atom stereocenters. The van der Waals surface area contributed by atoms with Crippen LogP contribution in [-0.2, 0) is 20.0 Å². The zero-order valence-corrected chi connectivity index (χ0v) is 22.9.